The van der Waals surface area contributed by atoms with Gasteiger partial charge >= 0.3 is 5.97 Å². The monoisotopic (exact) mass is 366 g/mol. The smallest absolute Gasteiger partial charge is 0.311 e. The highest BCUT2D eigenvalue weighted by Gasteiger charge is 2.55. The van der Waals surface area contributed by atoms with E-state index in [0.29, 0.717) is 37.4 Å². The molecule has 6 nitrogen and oxygen atoms in total. The number of pyridine rings is 1. The lowest BCUT2D eigenvalue weighted by Gasteiger charge is -2.23. The normalized spacial score (nSPS) is 23.9. The van der Waals surface area contributed by atoms with Crippen LogP contribution in [0.3, 0.4) is 0 Å². The summed E-state index contributed by atoms with van der Waals surface area (Å²) in [5.74, 6) is -0.230. The summed E-state index contributed by atoms with van der Waals surface area (Å²) >= 11 is 0. The summed E-state index contributed by atoms with van der Waals surface area (Å²) in [7, 11) is 0. The Labute approximate surface area is 157 Å². The van der Waals surface area contributed by atoms with Crippen LogP contribution in [0.2, 0.25) is 0 Å². The van der Waals surface area contributed by atoms with Crippen molar-refractivity contribution in [2.45, 2.75) is 25.9 Å². The summed E-state index contributed by atoms with van der Waals surface area (Å²) in [6.07, 6.45) is 5.91. The Kier molecular flexibility index (Phi) is 4.56. The van der Waals surface area contributed by atoms with Gasteiger partial charge in [0.25, 0.3) is 5.91 Å². The number of hydrogen-bond donors (Lipinski definition) is 1. The molecular formula is C21H22N2O4. The zero-order valence-corrected chi connectivity index (χ0v) is 15.0. The fourth-order valence-electron chi connectivity index (χ4n) is 4.35. The number of aliphatic carboxylic acids is 1. The first-order valence-electron chi connectivity index (χ1n) is 9.23. The number of hydrogen-bond acceptors (Lipinski definition) is 4. The fourth-order valence-corrected chi connectivity index (χ4v) is 4.35. The number of carboxylic acids is 1. The van der Waals surface area contributed by atoms with Crippen molar-refractivity contribution in [3.8, 4) is 5.75 Å². The van der Waals surface area contributed by atoms with E-state index in [0.717, 1.165) is 18.4 Å². The third kappa shape index (κ3) is 3.27. The van der Waals surface area contributed by atoms with Crippen LogP contribution in [0.25, 0.3) is 0 Å². The third-order valence-corrected chi connectivity index (χ3v) is 5.79. The molecule has 2 aromatic rings. The van der Waals surface area contributed by atoms with Crippen molar-refractivity contribution in [3.63, 3.8) is 0 Å². The maximum atomic E-state index is 12.9. The van der Waals surface area contributed by atoms with Crippen molar-refractivity contribution in [1.29, 1.82) is 0 Å². The number of benzene rings is 1. The molecule has 2 heterocycles. The average molecular weight is 366 g/mol. The molecule has 1 saturated heterocycles. The molecule has 1 N–H and O–H groups in total. The topological polar surface area (TPSA) is 79.7 Å². The molecule has 0 radical (unpaired) electrons. The minimum Gasteiger partial charge on any atom is -0.489 e. The van der Waals surface area contributed by atoms with Crippen molar-refractivity contribution < 1.29 is 19.4 Å². The molecule has 0 bridgehead atoms. The number of fused-ring (bicyclic) bond motifs is 1. The van der Waals surface area contributed by atoms with E-state index in [9.17, 15) is 14.7 Å². The molecule has 0 spiro atoms. The maximum absolute atomic E-state index is 12.9. The lowest BCUT2D eigenvalue weighted by Crippen LogP contribution is -2.37. The number of likely N-dealkylation sites (tertiary alicyclic amines) is 1. The van der Waals surface area contributed by atoms with E-state index in [4.69, 9.17) is 4.74 Å². The summed E-state index contributed by atoms with van der Waals surface area (Å²) in [6.45, 7) is 1.19. The molecule has 1 aromatic heterocycles. The second-order valence-corrected chi connectivity index (χ2v) is 7.41. The lowest BCUT2D eigenvalue weighted by atomic mass is 9.81. The molecule has 1 aliphatic carbocycles. The average Bonchev–Trinajstić information content (AvgIpc) is 3.25. The van der Waals surface area contributed by atoms with Gasteiger partial charge in [-0.15, -0.1) is 0 Å². The quantitative estimate of drug-likeness (QED) is 0.880. The minimum absolute atomic E-state index is 0.0592. The van der Waals surface area contributed by atoms with Gasteiger partial charge in [0.1, 0.15) is 12.4 Å². The summed E-state index contributed by atoms with van der Waals surface area (Å²) in [5, 5.41) is 9.70. The molecule has 4 rings (SSSR count). The number of carbonyl (C=O) groups is 2. The Morgan fingerprint density at radius 2 is 2.19 bits per heavy atom. The van der Waals surface area contributed by atoms with E-state index in [1.54, 1.807) is 35.5 Å². The largest absolute Gasteiger partial charge is 0.489 e. The van der Waals surface area contributed by atoms with Crippen molar-refractivity contribution >= 4 is 11.9 Å². The number of aromatic nitrogens is 1. The highest BCUT2D eigenvalue weighted by atomic mass is 16.5. The Morgan fingerprint density at radius 3 is 2.93 bits per heavy atom. The lowest BCUT2D eigenvalue weighted by molar-refractivity contribution is -0.149. The van der Waals surface area contributed by atoms with Crippen LogP contribution in [0.4, 0.5) is 0 Å². The van der Waals surface area contributed by atoms with E-state index in [1.807, 2.05) is 18.2 Å². The summed E-state index contributed by atoms with van der Waals surface area (Å²) < 4.78 is 5.77. The van der Waals surface area contributed by atoms with Crippen molar-refractivity contribution in [2.24, 2.45) is 11.3 Å². The van der Waals surface area contributed by atoms with Gasteiger partial charge in [0.05, 0.1) is 5.41 Å². The summed E-state index contributed by atoms with van der Waals surface area (Å²) in [4.78, 5) is 30.5. The van der Waals surface area contributed by atoms with E-state index >= 15 is 0 Å². The first-order valence-corrected chi connectivity index (χ1v) is 9.23. The number of rotatable bonds is 5. The number of amides is 1. The van der Waals surface area contributed by atoms with Gasteiger partial charge in [0, 0.05) is 36.6 Å². The van der Waals surface area contributed by atoms with Crippen molar-refractivity contribution in [1.82, 2.24) is 9.88 Å². The predicted molar refractivity (Wildman–Crippen MR) is 98.3 cm³/mol. The molecule has 1 amide bonds. The van der Waals surface area contributed by atoms with E-state index in [-0.39, 0.29) is 11.8 Å². The molecule has 6 heteroatoms. The van der Waals surface area contributed by atoms with E-state index in [1.165, 1.54) is 0 Å². The molecule has 1 saturated carbocycles. The SMILES string of the molecule is O=C(c1cccc(OCc2cccnc2)c1)N1C[C@@H]2CCC[C@@]2(C(=O)O)C1. The number of carbonyl (C=O) groups excluding carboxylic acids is 1. The Balaban J connectivity index is 1.46. The van der Waals surface area contributed by atoms with E-state index < -0.39 is 11.4 Å². The number of nitrogens with zero attached hydrogens (tertiary/aromatic N) is 2. The van der Waals surface area contributed by atoms with Gasteiger partial charge in [0.2, 0.25) is 0 Å². The predicted octanol–water partition coefficient (Wildman–Crippen LogP) is 2.99. The standard InChI is InChI=1S/C21H22N2O4/c24-19(23-12-17-6-2-8-21(17,14-23)20(25)26)16-5-1-7-18(10-16)27-13-15-4-3-9-22-11-15/h1,3-5,7,9-11,17H,2,6,8,12-14H2,(H,25,26)/t17-,21+/m0/s1. The van der Waals surface area contributed by atoms with Gasteiger partial charge in [-0.2, -0.15) is 0 Å². The van der Waals surface area contributed by atoms with Gasteiger partial charge in [-0.1, -0.05) is 18.6 Å². The van der Waals surface area contributed by atoms with E-state index in [2.05, 4.69) is 4.98 Å². The molecular weight excluding hydrogens is 344 g/mol. The molecule has 0 unspecified atom stereocenters. The molecule has 1 aromatic carbocycles. The first kappa shape index (κ1) is 17.5. The van der Waals surface area contributed by atoms with Crippen molar-refractivity contribution in [2.75, 3.05) is 13.1 Å². The van der Waals surface area contributed by atoms with Crippen LogP contribution < -0.4 is 4.74 Å². The van der Waals surface area contributed by atoms with Gasteiger partial charge in [0.15, 0.2) is 0 Å². The summed E-state index contributed by atoms with van der Waals surface area (Å²) in [5.41, 5.74) is 0.716. The minimum atomic E-state index is -0.770. The molecule has 2 aliphatic rings. The van der Waals surface area contributed by atoms with Crippen LogP contribution in [0.15, 0.2) is 48.8 Å². The van der Waals surface area contributed by atoms with Gasteiger partial charge in [-0.05, 0) is 43.0 Å². The molecule has 1 aliphatic heterocycles. The van der Waals surface area contributed by atoms with Crippen LogP contribution in [-0.2, 0) is 11.4 Å². The second kappa shape index (κ2) is 7.02. The molecule has 27 heavy (non-hydrogen) atoms. The van der Waals surface area contributed by atoms with Gasteiger partial charge in [-0.25, -0.2) is 0 Å². The Hall–Kier alpha value is -2.89. The number of ether oxygens (including phenoxy) is 1. The first-order chi connectivity index (χ1) is 13.1. The Bertz CT molecular complexity index is 854. The highest BCUT2D eigenvalue weighted by Crippen LogP contribution is 2.49. The fraction of sp³-hybridized carbons (Fsp3) is 0.381. The highest BCUT2D eigenvalue weighted by molar-refractivity contribution is 5.95. The van der Waals surface area contributed by atoms with Crippen LogP contribution in [-0.4, -0.2) is 40.0 Å². The second-order valence-electron chi connectivity index (χ2n) is 7.41. The Morgan fingerprint density at radius 1 is 1.30 bits per heavy atom. The van der Waals surface area contributed by atoms with Gasteiger partial charge < -0.3 is 14.7 Å². The molecule has 140 valence electrons. The van der Waals surface area contributed by atoms with Crippen LogP contribution in [0.5, 0.6) is 5.75 Å². The van der Waals surface area contributed by atoms with Crippen LogP contribution in [0, 0.1) is 11.3 Å². The van der Waals surface area contributed by atoms with Crippen molar-refractivity contribution in [3.05, 3.63) is 59.9 Å². The van der Waals surface area contributed by atoms with Crippen LogP contribution >= 0.6 is 0 Å². The molecule has 2 fully saturated rings. The van der Waals surface area contributed by atoms with Crippen LogP contribution in [0.1, 0.15) is 35.2 Å². The van der Waals surface area contributed by atoms with Gasteiger partial charge in [-0.3, -0.25) is 14.6 Å². The number of carboxylic acid groups (broad SMARTS) is 1. The maximum Gasteiger partial charge on any atom is 0.311 e. The third-order valence-electron chi connectivity index (χ3n) is 5.79. The molecule has 2 atom stereocenters. The zero-order chi connectivity index (χ0) is 18.9. The zero-order valence-electron chi connectivity index (χ0n) is 15.0. The summed E-state index contributed by atoms with van der Waals surface area (Å²) in [6, 6.07) is 10.8.